The fraction of sp³-hybridized carbons (Fsp3) is 0.697. The van der Waals surface area contributed by atoms with Crippen LogP contribution in [0.5, 0.6) is 5.75 Å². The van der Waals surface area contributed by atoms with Crippen LogP contribution in [0.4, 0.5) is 0 Å². The van der Waals surface area contributed by atoms with Crippen LogP contribution in [0, 0.1) is 22.7 Å². The SMILES string of the molecule is CC12Oc3cc(-c4cccnc4)oc(=O)c3C(O)C1[C@@]1(C)CCC3O[Si](C(C)(C)C)(C(C)(C)C)OC[C@@]3(C)C1C[C@@H]2O. The standard InChI is InChI=1S/C33H47NO7Si/c1-29(2,3)42(30(4,5)6)38-18-32(8)22-16-23(35)33(9)27(31(22,7)13-12-24(32)41-42)26(36)25-21(40-33)15-20(39-28(25)37)19-11-10-14-34-17-19/h10-11,14-15,17,22-24,26-27,35-36H,12-13,16,18H2,1-9H3/t22?,23-,24?,26?,27?,31-,32-,33?/m0/s1. The van der Waals surface area contributed by atoms with E-state index in [9.17, 15) is 15.0 Å². The average Bonchev–Trinajstić information content (AvgIpc) is 2.88. The molecule has 2 aromatic heterocycles. The fourth-order valence-electron chi connectivity index (χ4n) is 9.64. The number of hydrogen-bond acceptors (Lipinski definition) is 8. The first-order valence-electron chi connectivity index (χ1n) is 15.3. The van der Waals surface area contributed by atoms with Gasteiger partial charge in [-0.25, -0.2) is 4.79 Å². The summed E-state index contributed by atoms with van der Waals surface area (Å²) >= 11 is 0. The van der Waals surface area contributed by atoms with E-state index < -0.39 is 43.3 Å². The first-order valence-corrected chi connectivity index (χ1v) is 17.2. The van der Waals surface area contributed by atoms with Crippen molar-refractivity contribution in [3.63, 3.8) is 0 Å². The van der Waals surface area contributed by atoms with E-state index >= 15 is 0 Å². The van der Waals surface area contributed by atoms with Gasteiger partial charge in [0.25, 0.3) is 0 Å². The van der Waals surface area contributed by atoms with Crippen LogP contribution in [0.2, 0.25) is 10.1 Å². The molecule has 0 radical (unpaired) electrons. The second-order valence-electron chi connectivity index (χ2n) is 16.0. The van der Waals surface area contributed by atoms with E-state index in [1.807, 2.05) is 6.92 Å². The van der Waals surface area contributed by atoms with Crippen LogP contribution in [0.25, 0.3) is 11.3 Å². The number of aliphatic hydroxyl groups is 2. The maximum absolute atomic E-state index is 13.4. The lowest BCUT2D eigenvalue weighted by atomic mass is 9.42. The molecule has 2 aromatic rings. The third kappa shape index (κ3) is 3.92. The Morgan fingerprint density at radius 1 is 1.05 bits per heavy atom. The smallest absolute Gasteiger partial charge is 0.349 e. The lowest BCUT2D eigenvalue weighted by Gasteiger charge is -2.69. The van der Waals surface area contributed by atoms with Crippen LogP contribution in [0.1, 0.15) is 93.2 Å². The number of fused-ring (bicyclic) bond motifs is 6. The van der Waals surface area contributed by atoms with Crippen molar-refractivity contribution in [2.45, 2.75) is 116 Å². The van der Waals surface area contributed by atoms with E-state index in [4.69, 9.17) is 18.0 Å². The van der Waals surface area contributed by atoms with Gasteiger partial charge in [0, 0.05) is 52.0 Å². The van der Waals surface area contributed by atoms with Crippen LogP contribution >= 0.6 is 0 Å². The molecule has 6 rings (SSSR count). The molecule has 42 heavy (non-hydrogen) atoms. The van der Waals surface area contributed by atoms with Gasteiger partial charge in [-0.2, -0.15) is 0 Å². The molecule has 230 valence electrons. The molecule has 1 saturated heterocycles. The summed E-state index contributed by atoms with van der Waals surface area (Å²) in [6, 6.07) is 5.20. The average molecular weight is 598 g/mol. The Bertz CT molecular complexity index is 1420. The summed E-state index contributed by atoms with van der Waals surface area (Å²) in [6.07, 6.45) is 3.27. The highest BCUT2D eigenvalue weighted by molar-refractivity contribution is 6.73. The zero-order chi connectivity index (χ0) is 30.7. The summed E-state index contributed by atoms with van der Waals surface area (Å²) in [5.41, 5.74) is -1.81. The predicted octanol–water partition coefficient (Wildman–Crippen LogP) is 6.15. The lowest BCUT2D eigenvalue weighted by Crippen LogP contribution is -2.74. The third-order valence-electron chi connectivity index (χ3n) is 11.4. The Labute approximate surface area is 250 Å². The molecule has 8 atom stereocenters. The molecule has 0 bridgehead atoms. The number of ether oxygens (including phenoxy) is 1. The van der Waals surface area contributed by atoms with Crippen molar-refractivity contribution >= 4 is 8.56 Å². The lowest BCUT2D eigenvalue weighted by molar-refractivity contribution is -0.271. The highest BCUT2D eigenvalue weighted by Gasteiger charge is 2.72. The number of aliphatic hydroxyl groups excluding tert-OH is 2. The van der Waals surface area contributed by atoms with Gasteiger partial charge >= 0.3 is 14.2 Å². The summed E-state index contributed by atoms with van der Waals surface area (Å²) in [7, 11) is -2.68. The Kier molecular flexibility index (Phi) is 6.60. The molecule has 3 fully saturated rings. The third-order valence-corrected chi connectivity index (χ3v) is 16.5. The molecule has 4 heterocycles. The molecule has 9 heteroatoms. The highest BCUT2D eigenvalue weighted by atomic mass is 28.4. The van der Waals surface area contributed by atoms with E-state index in [-0.39, 0.29) is 38.8 Å². The number of nitrogens with zero attached hydrogens (tertiary/aromatic N) is 1. The molecule has 2 aliphatic heterocycles. The van der Waals surface area contributed by atoms with Gasteiger partial charge in [0.05, 0.1) is 18.3 Å². The van der Waals surface area contributed by atoms with Crippen molar-refractivity contribution in [3.8, 4) is 17.1 Å². The van der Waals surface area contributed by atoms with E-state index in [1.54, 1.807) is 30.6 Å². The van der Waals surface area contributed by atoms with E-state index in [1.165, 1.54) is 0 Å². The van der Waals surface area contributed by atoms with Crippen LogP contribution in [0.15, 0.2) is 39.8 Å². The van der Waals surface area contributed by atoms with Gasteiger partial charge in [0.1, 0.15) is 22.7 Å². The van der Waals surface area contributed by atoms with E-state index in [0.29, 0.717) is 24.4 Å². The van der Waals surface area contributed by atoms with Crippen molar-refractivity contribution in [1.29, 1.82) is 0 Å². The largest absolute Gasteiger partial charge is 0.484 e. The first kappa shape index (κ1) is 30.0. The zero-order valence-electron chi connectivity index (χ0n) is 26.5. The molecule has 0 aromatic carbocycles. The molecular weight excluding hydrogens is 550 g/mol. The number of pyridine rings is 1. The molecule has 5 unspecified atom stereocenters. The van der Waals surface area contributed by atoms with Gasteiger partial charge in [-0.3, -0.25) is 4.98 Å². The summed E-state index contributed by atoms with van der Waals surface area (Å²) in [4.78, 5) is 17.5. The van der Waals surface area contributed by atoms with Gasteiger partial charge in [-0.1, -0.05) is 55.4 Å². The summed E-state index contributed by atoms with van der Waals surface area (Å²) in [5, 5.41) is 23.7. The number of aromatic nitrogens is 1. The monoisotopic (exact) mass is 597 g/mol. The molecule has 2 saturated carbocycles. The molecular formula is C33H47NO7Si. The number of rotatable bonds is 1. The second kappa shape index (κ2) is 9.24. The van der Waals surface area contributed by atoms with Crippen LogP contribution in [-0.2, 0) is 8.85 Å². The number of hydrogen-bond donors (Lipinski definition) is 2. The molecule has 8 nitrogen and oxygen atoms in total. The van der Waals surface area contributed by atoms with Gasteiger partial charge < -0.3 is 28.2 Å². The van der Waals surface area contributed by atoms with E-state index in [0.717, 1.165) is 12.8 Å². The van der Waals surface area contributed by atoms with E-state index in [2.05, 4.69) is 60.4 Å². The minimum Gasteiger partial charge on any atom is -0.484 e. The van der Waals surface area contributed by atoms with Crippen molar-refractivity contribution in [2.24, 2.45) is 22.7 Å². The minimum absolute atomic E-state index is 0.0213. The normalized spacial score (nSPS) is 39.3. The molecule has 0 amide bonds. The minimum atomic E-state index is -2.68. The molecule has 2 aliphatic carbocycles. The van der Waals surface area contributed by atoms with Crippen molar-refractivity contribution in [3.05, 3.63) is 46.6 Å². The quantitative estimate of drug-likeness (QED) is 0.377. The molecule has 2 N–H and O–H groups in total. The topological polar surface area (TPSA) is 111 Å². The highest BCUT2D eigenvalue weighted by Crippen LogP contribution is 2.69. The maximum Gasteiger partial charge on any atom is 0.349 e. The predicted molar refractivity (Wildman–Crippen MR) is 161 cm³/mol. The molecule has 4 aliphatic rings. The summed E-state index contributed by atoms with van der Waals surface area (Å²) in [6.45, 7) is 20.2. The van der Waals surface area contributed by atoms with Gasteiger partial charge in [0.2, 0.25) is 0 Å². The van der Waals surface area contributed by atoms with Crippen molar-refractivity contribution < 1.29 is 28.2 Å². The van der Waals surface area contributed by atoms with Crippen LogP contribution in [-0.4, -0.2) is 48.2 Å². The van der Waals surface area contributed by atoms with Crippen molar-refractivity contribution in [1.82, 2.24) is 4.98 Å². The Morgan fingerprint density at radius 2 is 1.74 bits per heavy atom. The molecule has 0 spiro atoms. The van der Waals surface area contributed by atoms with Crippen LogP contribution < -0.4 is 10.4 Å². The Balaban J connectivity index is 1.40. The fourth-order valence-corrected chi connectivity index (χ4v) is 14.8. The summed E-state index contributed by atoms with van der Waals surface area (Å²) < 4.78 is 26.5. The van der Waals surface area contributed by atoms with Crippen LogP contribution in [0.3, 0.4) is 0 Å². The van der Waals surface area contributed by atoms with Gasteiger partial charge in [-0.15, -0.1) is 0 Å². The maximum atomic E-state index is 13.4. The second-order valence-corrected chi connectivity index (χ2v) is 20.7. The zero-order valence-corrected chi connectivity index (χ0v) is 27.5. The van der Waals surface area contributed by atoms with Gasteiger partial charge in [-0.05, 0) is 49.7 Å². The summed E-state index contributed by atoms with van der Waals surface area (Å²) in [5.74, 6) is 0.00813. The van der Waals surface area contributed by atoms with Crippen molar-refractivity contribution in [2.75, 3.05) is 6.61 Å². The Hall–Kier alpha value is -2.04. The van der Waals surface area contributed by atoms with Gasteiger partial charge in [0.15, 0.2) is 0 Å². The Morgan fingerprint density at radius 3 is 2.36 bits per heavy atom. The first-order chi connectivity index (χ1) is 19.4.